The molecule has 0 N–H and O–H groups in total. The van der Waals surface area contributed by atoms with Gasteiger partial charge in [-0.3, -0.25) is 0 Å². The smallest absolute Gasteiger partial charge is 0.0123 e. The maximum atomic E-state index is 2.40. The second kappa shape index (κ2) is 8.15. The molecule has 3 aliphatic rings. The first-order chi connectivity index (χ1) is 11.7. The molecule has 2 atom stereocenters. The average Bonchev–Trinajstić information content (AvgIpc) is 2.90. The van der Waals surface area contributed by atoms with Crippen LogP contribution < -0.4 is 0 Å². The second-order valence-electron chi connectivity index (χ2n) is 6.21. The van der Waals surface area contributed by atoms with Crippen LogP contribution >= 0.6 is 0 Å². The average molecular weight is 319 g/mol. The number of hydrogen-bond acceptors (Lipinski definition) is 0. The summed E-state index contributed by atoms with van der Waals surface area (Å²) in [7, 11) is 0. The standard InChI is InChI=1S/C22H24.C2H6/c1-5-10-17(6-2)21-14-19(18-11-8-7-9-12-18)13-20-15(3)22(21)16(20)4;1-2/h5-15,22H,1-4H3;1-2H3/b10-5-,17-6+;. The van der Waals surface area contributed by atoms with Gasteiger partial charge in [-0.15, -0.1) is 0 Å². The second-order valence-corrected chi connectivity index (χ2v) is 6.21. The lowest BCUT2D eigenvalue weighted by Crippen LogP contribution is -2.28. The van der Waals surface area contributed by atoms with Crippen molar-refractivity contribution < 1.29 is 0 Å². The van der Waals surface area contributed by atoms with Crippen molar-refractivity contribution in [3.63, 3.8) is 0 Å². The van der Waals surface area contributed by atoms with Gasteiger partial charge in [-0.2, -0.15) is 0 Å². The van der Waals surface area contributed by atoms with E-state index in [9.17, 15) is 0 Å². The van der Waals surface area contributed by atoms with Crippen LogP contribution in [0.15, 0.2) is 83.0 Å². The highest BCUT2D eigenvalue weighted by Crippen LogP contribution is 2.51. The minimum atomic E-state index is 0.565. The largest absolute Gasteiger partial charge is 0.0871 e. The fourth-order valence-corrected chi connectivity index (χ4v) is 3.81. The van der Waals surface area contributed by atoms with Gasteiger partial charge in [-0.1, -0.05) is 81.0 Å². The molecular formula is C24H30. The first kappa shape index (κ1) is 18.3. The minimum absolute atomic E-state index is 0.565. The zero-order chi connectivity index (χ0) is 17.7. The van der Waals surface area contributed by atoms with Crippen LogP contribution in [0.4, 0.5) is 0 Å². The summed E-state index contributed by atoms with van der Waals surface area (Å²) in [5.41, 5.74) is 8.50. The third-order valence-corrected chi connectivity index (χ3v) is 4.97. The first-order valence-corrected chi connectivity index (χ1v) is 9.16. The summed E-state index contributed by atoms with van der Waals surface area (Å²) in [6, 6.07) is 10.7. The summed E-state index contributed by atoms with van der Waals surface area (Å²) in [6.45, 7) is 12.9. The Morgan fingerprint density at radius 3 is 2.21 bits per heavy atom. The summed E-state index contributed by atoms with van der Waals surface area (Å²) < 4.78 is 0. The monoisotopic (exact) mass is 318 g/mol. The van der Waals surface area contributed by atoms with E-state index >= 15 is 0 Å². The van der Waals surface area contributed by atoms with Crippen molar-refractivity contribution in [3.8, 4) is 0 Å². The Balaban J connectivity index is 0.00000100. The van der Waals surface area contributed by atoms with Gasteiger partial charge in [0, 0.05) is 5.92 Å². The Morgan fingerprint density at radius 1 is 1.00 bits per heavy atom. The van der Waals surface area contributed by atoms with Crippen LogP contribution in [-0.4, -0.2) is 0 Å². The fraction of sp³-hybridized carbons (Fsp3) is 0.333. The Labute approximate surface area is 148 Å². The van der Waals surface area contributed by atoms with Crippen molar-refractivity contribution in [2.24, 2.45) is 11.8 Å². The normalized spacial score (nSPS) is 23.0. The Hall–Kier alpha value is -2.08. The van der Waals surface area contributed by atoms with Gasteiger partial charge in [0.05, 0.1) is 0 Å². The number of allylic oxidation sites excluding steroid dienone is 10. The maximum absolute atomic E-state index is 2.40. The molecule has 1 aromatic carbocycles. The van der Waals surface area contributed by atoms with Crippen LogP contribution in [0.3, 0.4) is 0 Å². The molecule has 3 aliphatic carbocycles. The minimum Gasteiger partial charge on any atom is -0.0871 e. The highest BCUT2D eigenvalue weighted by Gasteiger charge is 2.38. The fourth-order valence-electron chi connectivity index (χ4n) is 3.81. The zero-order valence-electron chi connectivity index (χ0n) is 15.9. The predicted molar refractivity (Wildman–Crippen MR) is 108 cm³/mol. The Kier molecular flexibility index (Phi) is 6.20. The lowest BCUT2D eigenvalue weighted by atomic mass is 9.65. The van der Waals surface area contributed by atoms with Gasteiger partial charge in [0.2, 0.25) is 0 Å². The third-order valence-electron chi connectivity index (χ3n) is 4.97. The summed E-state index contributed by atoms with van der Waals surface area (Å²) in [6.07, 6.45) is 11.4. The van der Waals surface area contributed by atoms with E-state index in [1.807, 2.05) is 13.8 Å². The van der Waals surface area contributed by atoms with E-state index in [1.165, 1.54) is 33.4 Å². The first-order valence-electron chi connectivity index (χ1n) is 9.16. The molecule has 0 aliphatic heterocycles. The molecule has 2 bridgehead atoms. The summed E-state index contributed by atoms with van der Waals surface area (Å²) in [5.74, 6) is 1.18. The Morgan fingerprint density at radius 2 is 1.67 bits per heavy atom. The molecule has 0 aromatic heterocycles. The quantitative estimate of drug-likeness (QED) is 0.519. The van der Waals surface area contributed by atoms with Gasteiger partial charge >= 0.3 is 0 Å². The molecule has 24 heavy (non-hydrogen) atoms. The van der Waals surface area contributed by atoms with Gasteiger partial charge in [0.25, 0.3) is 0 Å². The van der Waals surface area contributed by atoms with E-state index < -0.39 is 0 Å². The molecule has 4 rings (SSSR count). The van der Waals surface area contributed by atoms with Gasteiger partial charge in [-0.05, 0) is 60.6 Å². The van der Waals surface area contributed by atoms with Gasteiger partial charge in [0.1, 0.15) is 0 Å². The van der Waals surface area contributed by atoms with Crippen LogP contribution in [0.25, 0.3) is 5.57 Å². The van der Waals surface area contributed by atoms with Crippen molar-refractivity contribution >= 4 is 5.57 Å². The van der Waals surface area contributed by atoms with Crippen LogP contribution in [0.5, 0.6) is 0 Å². The lowest BCUT2D eigenvalue weighted by molar-refractivity contribution is 0.468. The van der Waals surface area contributed by atoms with Gasteiger partial charge < -0.3 is 0 Å². The molecule has 0 radical (unpaired) electrons. The highest BCUT2D eigenvalue weighted by molar-refractivity contribution is 5.81. The lowest BCUT2D eigenvalue weighted by Gasteiger charge is -2.38. The van der Waals surface area contributed by atoms with Crippen molar-refractivity contribution in [2.75, 3.05) is 0 Å². The predicted octanol–water partition coefficient (Wildman–Crippen LogP) is 7.14. The molecule has 0 saturated carbocycles. The molecule has 126 valence electrons. The molecule has 0 fully saturated rings. The molecule has 0 heteroatoms. The molecule has 0 heterocycles. The Bertz CT molecular complexity index is 721. The number of hydrogen-bond donors (Lipinski definition) is 0. The SMILES string of the molecule is C/C=C\C(=C/C)C1=CC(c2ccccc2)=CC2=C(C)C1C2C.CC. The van der Waals surface area contributed by atoms with Crippen molar-refractivity contribution in [2.45, 2.75) is 41.5 Å². The van der Waals surface area contributed by atoms with E-state index in [0.29, 0.717) is 11.8 Å². The summed E-state index contributed by atoms with van der Waals surface area (Å²) in [4.78, 5) is 0. The molecule has 0 saturated heterocycles. The number of benzene rings is 1. The van der Waals surface area contributed by atoms with E-state index in [2.05, 4.69) is 88.4 Å². The molecule has 1 aromatic rings. The van der Waals surface area contributed by atoms with Crippen molar-refractivity contribution in [1.29, 1.82) is 0 Å². The molecule has 0 spiro atoms. The topological polar surface area (TPSA) is 0 Å². The number of rotatable bonds is 3. The van der Waals surface area contributed by atoms with Gasteiger partial charge in [0.15, 0.2) is 0 Å². The molecule has 0 amide bonds. The molecular weight excluding hydrogens is 288 g/mol. The van der Waals surface area contributed by atoms with E-state index in [4.69, 9.17) is 0 Å². The van der Waals surface area contributed by atoms with Gasteiger partial charge in [-0.25, -0.2) is 0 Å². The highest BCUT2D eigenvalue weighted by atomic mass is 14.4. The van der Waals surface area contributed by atoms with Crippen molar-refractivity contribution in [3.05, 3.63) is 88.6 Å². The molecule has 0 nitrogen and oxygen atoms in total. The van der Waals surface area contributed by atoms with Crippen molar-refractivity contribution in [1.82, 2.24) is 0 Å². The third kappa shape index (κ3) is 3.24. The van der Waals surface area contributed by atoms with E-state index in [1.54, 1.807) is 0 Å². The van der Waals surface area contributed by atoms with Crippen LogP contribution in [0, 0.1) is 11.8 Å². The number of fused-ring (bicyclic) bond motifs is 1. The van der Waals surface area contributed by atoms with Crippen LogP contribution in [-0.2, 0) is 0 Å². The van der Waals surface area contributed by atoms with Crippen LogP contribution in [0.2, 0.25) is 0 Å². The maximum Gasteiger partial charge on any atom is 0.0123 e. The van der Waals surface area contributed by atoms with E-state index in [0.717, 1.165) is 0 Å². The van der Waals surface area contributed by atoms with Crippen LogP contribution in [0.1, 0.15) is 47.1 Å². The zero-order valence-corrected chi connectivity index (χ0v) is 15.9. The van der Waals surface area contributed by atoms with E-state index in [-0.39, 0.29) is 0 Å². The molecule has 2 unspecified atom stereocenters. The summed E-state index contributed by atoms with van der Waals surface area (Å²) >= 11 is 0. The summed E-state index contributed by atoms with van der Waals surface area (Å²) in [5, 5.41) is 0.